The molecule has 1 N–H and O–H groups in total. The van der Waals surface area contributed by atoms with Crippen LogP contribution in [0.15, 0.2) is 423 Å². The molecule has 0 unspecified atom stereocenters. The Hall–Kier alpha value is -15.3. The van der Waals surface area contributed by atoms with Gasteiger partial charge in [-0.15, -0.1) is 0 Å². The second-order valence-corrected chi connectivity index (χ2v) is 30.6. The van der Waals surface area contributed by atoms with E-state index in [0.29, 0.717) is 5.71 Å². The number of fused-ring (bicyclic) bond motifs is 15. The van der Waals surface area contributed by atoms with Gasteiger partial charge in [0.25, 0.3) is 0 Å². The van der Waals surface area contributed by atoms with Gasteiger partial charge < -0.3 is 27.7 Å². The van der Waals surface area contributed by atoms with E-state index >= 15 is 0 Å². The lowest BCUT2D eigenvalue weighted by Gasteiger charge is -2.31. The van der Waals surface area contributed by atoms with Gasteiger partial charge in [-0.05, 0) is 233 Å². The Kier molecular flexibility index (Phi) is 15.7. The molecule has 0 saturated heterocycles. The average molecular weight is 1510 g/mol. The van der Waals surface area contributed by atoms with Crippen molar-refractivity contribution in [2.45, 2.75) is 0 Å². The van der Waals surface area contributed by atoms with Crippen LogP contribution in [0.5, 0.6) is 0 Å². The highest BCUT2D eigenvalue weighted by Gasteiger charge is 2.29. The molecule has 0 radical (unpaired) electrons. The Morgan fingerprint density at radius 2 is 0.427 bits per heavy atom. The minimum Gasteiger partial charge on any atom is -0.309 e. The molecule has 8 nitrogen and oxygen atoms in total. The molecule has 0 saturated carbocycles. The molecule has 548 valence electrons. The Morgan fingerprint density at radius 3 is 0.692 bits per heavy atom. The fourth-order valence-electron chi connectivity index (χ4n) is 18.6. The largest absolute Gasteiger partial charge is 0.309 e. The molecule has 5 heterocycles. The molecule has 0 fully saturated rings. The number of nitrogens with zero attached hydrogens (tertiary/aromatic N) is 7. The van der Waals surface area contributed by atoms with E-state index in [4.69, 9.17) is 17.2 Å². The van der Waals surface area contributed by atoms with E-state index in [-0.39, 0.29) is 5.71 Å². The van der Waals surface area contributed by atoms with Crippen molar-refractivity contribution in [2.24, 2.45) is 4.40 Å². The van der Waals surface area contributed by atoms with E-state index in [9.17, 15) is 5.41 Å². The summed E-state index contributed by atoms with van der Waals surface area (Å²) in [5.74, 6) is 0. The van der Waals surface area contributed by atoms with E-state index in [1.807, 2.05) is 0 Å². The van der Waals surface area contributed by atoms with Crippen LogP contribution in [0.1, 0.15) is 5.56 Å². The first-order valence-electron chi connectivity index (χ1n) is 39.7. The Labute approximate surface area is 679 Å². The van der Waals surface area contributed by atoms with Crippen molar-refractivity contribution < 1.29 is 0 Å². The van der Waals surface area contributed by atoms with Gasteiger partial charge in [0, 0.05) is 99.2 Å². The third kappa shape index (κ3) is 10.9. The predicted octanol–water partition coefficient (Wildman–Crippen LogP) is 28.3. The SMILES string of the molecule is N=C1C(c2ccc(-n3c4ccc(-c5ccc(-c6ccc(-n7c8ccccc8c8ccccc87)cc6)cc5)cc4c4cc(-c5ccc(-c6ccc(-n7c8ccccc8c8ccccc87)cc6)cc5)ccc43)cc2)=CC=C(N(c2ccc(-n3c4ccccc4c4ccccc43)cc2)c2ccc(-n3c4ccccc4c4ccccc43)cc2)C1=NS. The number of allylic oxidation sites excluding steroid dienone is 4. The maximum absolute atomic E-state index is 10.2. The highest BCUT2D eigenvalue weighted by atomic mass is 32.1. The van der Waals surface area contributed by atoms with Gasteiger partial charge in [-0.1, -0.05) is 243 Å². The van der Waals surface area contributed by atoms with Crippen LogP contribution >= 0.6 is 12.8 Å². The van der Waals surface area contributed by atoms with Gasteiger partial charge in [0.2, 0.25) is 0 Å². The predicted molar refractivity (Wildman–Crippen MR) is 495 cm³/mol. The summed E-state index contributed by atoms with van der Waals surface area (Å²) in [4.78, 5) is 2.20. The van der Waals surface area contributed by atoms with Gasteiger partial charge in [-0.3, -0.25) is 5.41 Å². The molecule has 0 bridgehead atoms. The summed E-state index contributed by atoms with van der Waals surface area (Å²) in [5.41, 5.74) is 30.9. The molecule has 1 aliphatic carbocycles. The van der Waals surface area contributed by atoms with E-state index in [1.54, 1.807) is 0 Å². The normalized spacial score (nSPS) is 13.0. The first kappa shape index (κ1) is 67.4. The van der Waals surface area contributed by atoms with Crippen LogP contribution in [0, 0.1) is 5.41 Å². The summed E-state index contributed by atoms with van der Waals surface area (Å²) in [6.45, 7) is 0. The zero-order chi connectivity index (χ0) is 77.3. The molecule has 0 amide bonds. The van der Waals surface area contributed by atoms with Crippen LogP contribution < -0.4 is 4.90 Å². The van der Waals surface area contributed by atoms with Gasteiger partial charge in [0.05, 0.1) is 66.6 Å². The second-order valence-electron chi connectivity index (χ2n) is 30.4. The number of thiol groups is 1. The van der Waals surface area contributed by atoms with Crippen molar-refractivity contribution in [3.8, 4) is 72.9 Å². The topological polar surface area (TPSA) is 64.1 Å². The van der Waals surface area contributed by atoms with E-state index in [2.05, 4.69) is 440 Å². The number of nitrogens with one attached hydrogen (secondary N) is 1. The monoisotopic (exact) mass is 1510 g/mol. The van der Waals surface area contributed by atoms with Crippen LogP contribution in [-0.2, 0) is 0 Å². The highest BCUT2D eigenvalue weighted by molar-refractivity contribution is 7.79. The molecule has 17 aromatic carbocycles. The summed E-state index contributed by atoms with van der Waals surface area (Å²) >= 11 is 4.73. The van der Waals surface area contributed by atoms with E-state index in [1.165, 1.54) is 65.2 Å². The number of hydrogen-bond acceptors (Lipinski definition) is 4. The third-order valence-corrected chi connectivity index (χ3v) is 24.3. The summed E-state index contributed by atoms with van der Waals surface area (Å²) in [7, 11) is 0. The van der Waals surface area contributed by atoms with Crippen molar-refractivity contribution in [2.75, 3.05) is 4.90 Å². The number of rotatable bonds is 13. The molecule has 23 rings (SSSR count). The van der Waals surface area contributed by atoms with Gasteiger partial charge >= 0.3 is 0 Å². The number of benzene rings is 17. The molecule has 0 aliphatic heterocycles. The molecule has 9 heteroatoms. The van der Waals surface area contributed by atoms with Gasteiger partial charge in [-0.25, -0.2) is 4.40 Å². The first-order valence-corrected chi connectivity index (χ1v) is 40.1. The molecule has 5 aromatic heterocycles. The molecule has 117 heavy (non-hydrogen) atoms. The highest BCUT2D eigenvalue weighted by Crippen LogP contribution is 2.44. The van der Waals surface area contributed by atoms with Gasteiger partial charge in [-0.2, -0.15) is 0 Å². The number of aromatic nitrogens is 5. The standard InChI is InChI=1S/C108H70N8S/c109-107-85(63-66-106(108(107)110-117)111(78-55-59-83(60-56-78)114-100-29-13-5-21-90(100)91-22-6-14-30-101(91)114)79-57-61-84(62-58-79)115-102-31-15-7-23-92(102)93-24-8-16-32-103(93)115)75-45-53-82(54-46-75)116-104-64-47-76(73-37-33-69(34-38-73)71-41-49-80(50-42-71)112-96-25-9-1-17-86(96)87-18-2-10-26-97(87)112)67-94(104)95-68-77(48-65-105(95)116)74-39-35-70(36-40-74)72-43-51-81(52-44-72)113-98-27-11-3-19-88(98)89-20-4-12-28-99(89)113/h1-68,109,117H. The Bertz CT molecular complexity index is 7270. The first-order chi connectivity index (χ1) is 57.9. The lowest BCUT2D eigenvalue weighted by atomic mass is 9.91. The van der Waals surface area contributed by atoms with Crippen molar-refractivity contribution in [1.29, 1.82) is 5.41 Å². The quantitative estimate of drug-likeness (QED) is 0.0877. The molecule has 0 spiro atoms. The maximum Gasteiger partial charge on any atom is 0.121 e. The zero-order valence-electron chi connectivity index (χ0n) is 63.3. The molecule has 0 atom stereocenters. The average Bonchev–Trinajstić information content (AvgIpc) is 1.59. The van der Waals surface area contributed by atoms with E-state index in [0.717, 1.165) is 145 Å². The lowest BCUT2D eigenvalue weighted by molar-refractivity contribution is 1.16. The molecule has 22 aromatic rings. The number of para-hydroxylation sites is 8. The minimum atomic E-state index is 0.267. The van der Waals surface area contributed by atoms with Crippen molar-refractivity contribution in [3.63, 3.8) is 0 Å². The third-order valence-electron chi connectivity index (χ3n) is 24.1. The van der Waals surface area contributed by atoms with Gasteiger partial charge in [0.1, 0.15) is 5.71 Å². The molecular weight excluding hydrogens is 1440 g/mol. The lowest BCUT2D eigenvalue weighted by Crippen LogP contribution is -2.30. The van der Waals surface area contributed by atoms with Crippen LogP contribution in [0.4, 0.5) is 11.4 Å². The van der Waals surface area contributed by atoms with Crippen molar-refractivity contribution in [1.82, 2.24) is 22.8 Å². The van der Waals surface area contributed by atoms with E-state index < -0.39 is 0 Å². The van der Waals surface area contributed by atoms with Crippen LogP contribution in [0.3, 0.4) is 0 Å². The minimum absolute atomic E-state index is 0.267. The Balaban J connectivity index is 0.597. The van der Waals surface area contributed by atoms with Crippen molar-refractivity contribution in [3.05, 3.63) is 424 Å². The summed E-state index contributed by atoms with van der Waals surface area (Å²) in [5, 5.41) is 22.3. The summed E-state index contributed by atoms with van der Waals surface area (Å²) in [6.07, 6.45) is 4.16. The maximum atomic E-state index is 10.2. The van der Waals surface area contributed by atoms with Crippen LogP contribution in [-0.4, -0.2) is 34.3 Å². The van der Waals surface area contributed by atoms with Crippen molar-refractivity contribution >= 4 is 150 Å². The number of hydrogen-bond donors (Lipinski definition) is 2. The Morgan fingerprint density at radius 1 is 0.214 bits per heavy atom. The zero-order valence-corrected chi connectivity index (χ0v) is 64.2. The molecular formula is C108H70N8S. The summed E-state index contributed by atoms with van der Waals surface area (Å²) in [6, 6.07) is 145. The number of anilines is 2. The fraction of sp³-hybridized carbons (Fsp3) is 0. The van der Waals surface area contributed by atoms with Crippen LogP contribution in [0.2, 0.25) is 0 Å². The smallest absolute Gasteiger partial charge is 0.121 e. The van der Waals surface area contributed by atoms with Crippen LogP contribution in [0.25, 0.3) is 188 Å². The molecule has 1 aliphatic rings. The fourth-order valence-corrected chi connectivity index (χ4v) is 18.8. The van der Waals surface area contributed by atoms with Gasteiger partial charge in [0.15, 0.2) is 0 Å². The summed E-state index contributed by atoms with van der Waals surface area (Å²) < 4.78 is 16.5. The second kappa shape index (κ2) is 27.2.